The fourth-order valence-corrected chi connectivity index (χ4v) is 8.70. The molecule has 1 unspecified atom stereocenters. The number of nitrogens with one attached hydrogen (secondary N) is 1. The summed E-state index contributed by atoms with van der Waals surface area (Å²) in [7, 11) is -4.96. The van der Waals surface area contributed by atoms with Gasteiger partial charge in [0.25, 0.3) is 5.56 Å². The fraction of sp³-hybridized carbons (Fsp3) is 0.524. The lowest BCUT2D eigenvalue weighted by Crippen LogP contribution is -2.45. The minimum absolute atomic E-state index is 0.0300. The highest BCUT2D eigenvalue weighted by Crippen LogP contribution is 2.57. The number of fused-ring (bicyclic) bond motifs is 4. The topological polar surface area (TPSA) is 283 Å². The number of phosphoric ester groups is 1. The Labute approximate surface area is 265 Å². The second-order valence-electron chi connectivity index (χ2n) is 10.6. The summed E-state index contributed by atoms with van der Waals surface area (Å²) >= 11 is 5.66. The van der Waals surface area contributed by atoms with Gasteiger partial charge in [0.1, 0.15) is 35.8 Å². The highest BCUT2D eigenvalue weighted by atomic mass is 32.5. The van der Waals surface area contributed by atoms with Crippen LogP contribution >= 0.6 is 26.3 Å². The molecule has 0 aliphatic carbocycles. The van der Waals surface area contributed by atoms with Crippen LogP contribution < -0.4 is 17.0 Å². The highest BCUT2D eigenvalue weighted by molar-refractivity contribution is 8.06. The number of nitrogens with zero attached hydrogens (tertiary/aromatic N) is 7. The normalized spacial score (nSPS) is 30.9. The van der Waals surface area contributed by atoms with Crippen molar-refractivity contribution in [3.63, 3.8) is 0 Å². The molecule has 3 fully saturated rings. The van der Waals surface area contributed by atoms with Gasteiger partial charge in [0.05, 0.1) is 43.1 Å². The molecular formula is C21H25FN10O10P2S2. The molecule has 248 valence electrons. The molecule has 20 nitrogen and oxygen atoms in total. The number of nitrogens with two attached hydrogens (primary N) is 2. The molecule has 0 spiro atoms. The molecule has 8 atom stereocenters. The number of aromatic nitrogens is 8. The van der Waals surface area contributed by atoms with E-state index >= 15 is 4.39 Å². The summed E-state index contributed by atoms with van der Waals surface area (Å²) in [6, 6.07) is 0. The number of ether oxygens (including phenoxy) is 2. The first-order valence-corrected chi connectivity index (χ1v) is 18.4. The largest absolute Gasteiger partial charge is 0.472 e. The van der Waals surface area contributed by atoms with Crippen LogP contribution in [0.2, 0.25) is 0 Å². The maximum Gasteiger partial charge on any atom is 0.472 e. The second kappa shape index (κ2) is 11.5. The van der Waals surface area contributed by atoms with Crippen molar-refractivity contribution in [2.75, 3.05) is 31.3 Å². The van der Waals surface area contributed by atoms with Gasteiger partial charge in [-0.2, -0.15) is 4.98 Å². The number of hydrogen-bond acceptors (Lipinski definition) is 16. The molecule has 2 bridgehead atoms. The molecule has 0 radical (unpaired) electrons. The lowest BCUT2D eigenvalue weighted by molar-refractivity contribution is -0.182. The molecule has 3 aliphatic rings. The number of alkyl halides is 1. The molecule has 46 heavy (non-hydrogen) atoms. The third-order valence-electron chi connectivity index (χ3n) is 7.68. The monoisotopic (exact) mass is 722 g/mol. The first-order valence-electron chi connectivity index (χ1n) is 13.3. The molecule has 7 heterocycles. The fourth-order valence-electron chi connectivity index (χ4n) is 5.63. The molecule has 3 saturated heterocycles. The van der Waals surface area contributed by atoms with E-state index in [4.69, 9.17) is 34.5 Å². The molecule has 8 N–H and O–H groups in total. The summed E-state index contributed by atoms with van der Waals surface area (Å²) in [6.45, 7) is -5.58. The highest BCUT2D eigenvalue weighted by Gasteiger charge is 2.65. The van der Waals surface area contributed by atoms with Crippen LogP contribution in [-0.4, -0.2) is 103 Å². The van der Waals surface area contributed by atoms with Crippen molar-refractivity contribution in [1.82, 2.24) is 39.0 Å². The van der Waals surface area contributed by atoms with E-state index < -0.39 is 74.1 Å². The van der Waals surface area contributed by atoms with Crippen molar-refractivity contribution in [2.24, 2.45) is 0 Å². The van der Waals surface area contributed by atoms with Crippen LogP contribution in [-0.2, 0) is 39.4 Å². The maximum absolute atomic E-state index is 15.1. The van der Waals surface area contributed by atoms with Gasteiger partial charge in [0.2, 0.25) is 5.95 Å². The van der Waals surface area contributed by atoms with E-state index in [1.54, 1.807) is 0 Å². The van der Waals surface area contributed by atoms with E-state index in [1.165, 1.54) is 28.1 Å². The lowest BCUT2D eigenvalue weighted by atomic mass is 10.0. The minimum Gasteiger partial charge on any atom is -0.382 e. The van der Waals surface area contributed by atoms with Gasteiger partial charge in [-0.3, -0.25) is 23.4 Å². The molecule has 3 aliphatic heterocycles. The summed E-state index contributed by atoms with van der Waals surface area (Å²) in [5.41, 5.74) is 10.1. The zero-order valence-corrected chi connectivity index (χ0v) is 26.5. The van der Waals surface area contributed by atoms with E-state index in [0.29, 0.717) is 0 Å². The molecular weight excluding hydrogens is 697 g/mol. The Morgan fingerprint density at radius 2 is 1.91 bits per heavy atom. The second-order valence-corrected chi connectivity index (χ2v) is 16.1. The van der Waals surface area contributed by atoms with Gasteiger partial charge >= 0.3 is 14.5 Å². The lowest BCUT2D eigenvalue weighted by Gasteiger charge is -2.32. The van der Waals surface area contributed by atoms with Gasteiger partial charge in [-0.25, -0.2) is 28.9 Å². The number of halogens is 1. The molecule has 0 aromatic carbocycles. The number of phosphoric acid groups is 1. The Kier molecular flexibility index (Phi) is 7.98. The van der Waals surface area contributed by atoms with E-state index in [0.717, 1.165) is 11.8 Å². The summed E-state index contributed by atoms with van der Waals surface area (Å²) in [5, 5.41) is -1.49. The first-order chi connectivity index (χ1) is 21.7. The number of aromatic amines is 1. The average molecular weight is 723 g/mol. The number of anilines is 2. The predicted molar refractivity (Wildman–Crippen MR) is 160 cm³/mol. The Morgan fingerprint density at radius 1 is 1.15 bits per heavy atom. The maximum atomic E-state index is 15.1. The van der Waals surface area contributed by atoms with Crippen molar-refractivity contribution in [3.05, 3.63) is 29.3 Å². The van der Waals surface area contributed by atoms with Gasteiger partial charge in [-0.1, -0.05) is 0 Å². The van der Waals surface area contributed by atoms with Gasteiger partial charge in [0, 0.05) is 6.42 Å². The van der Waals surface area contributed by atoms with Crippen LogP contribution in [0.15, 0.2) is 23.8 Å². The first kappa shape index (κ1) is 31.9. The predicted octanol–water partition coefficient (Wildman–Crippen LogP) is -0.140. The van der Waals surface area contributed by atoms with Crippen LogP contribution in [0.5, 0.6) is 0 Å². The molecule has 4 aromatic heterocycles. The Bertz CT molecular complexity index is 1980. The van der Waals surface area contributed by atoms with E-state index in [-0.39, 0.29) is 47.1 Å². The smallest absolute Gasteiger partial charge is 0.382 e. The summed E-state index contributed by atoms with van der Waals surface area (Å²) in [6.07, 6.45) is -1.11. The van der Waals surface area contributed by atoms with Crippen LogP contribution in [0.4, 0.5) is 16.2 Å². The van der Waals surface area contributed by atoms with Gasteiger partial charge in [-0.05, 0) is 11.8 Å². The van der Waals surface area contributed by atoms with Crippen LogP contribution in [0.25, 0.3) is 22.3 Å². The minimum atomic E-state index is -4.96. The number of thioether (sulfide) groups is 1. The number of imidazole rings is 2. The Hall–Kier alpha value is -2.66. The summed E-state index contributed by atoms with van der Waals surface area (Å²) in [4.78, 5) is 65.1. The Morgan fingerprint density at radius 3 is 2.70 bits per heavy atom. The molecule has 0 amide bonds. The third kappa shape index (κ3) is 5.73. The molecule has 0 saturated carbocycles. The number of rotatable bonds is 10. The van der Waals surface area contributed by atoms with Crippen molar-refractivity contribution in [2.45, 2.75) is 47.3 Å². The third-order valence-corrected chi connectivity index (χ3v) is 10.9. The number of nitrogen functional groups attached to an aromatic ring is 2. The summed E-state index contributed by atoms with van der Waals surface area (Å²) < 4.78 is 59.3. The van der Waals surface area contributed by atoms with E-state index in [2.05, 4.69) is 41.7 Å². The van der Waals surface area contributed by atoms with Crippen molar-refractivity contribution in [3.8, 4) is 0 Å². The van der Waals surface area contributed by atoms with Crippen LogP contribution in [0.3, 0.4) is 0 Å². The van der Waals surface area contributed by atoms with Gasteiger partial charge in [-0.15, -0.1) is 11.8 Å². The zero-order valence-electron chi connectivity index (χ0n) is 23.1. The van der Waals surface area contributed by atoms with Crippen molar-refractivity contribution >= 4 is 72.2 Å². The molecule has 25 heteroatoms. The Balaban J connectivity index is 1.08. The molecule has 4 aromatic rings. The van der Waals surface area contributed by atoms with Crippen molar-refractivity contribution in [1.29, 1.82) is 0 Å². The number of H-pyrrole nitrogens is 1. The van der Waals surface area contributed by atoms with Crippen molar-refractivity contribution < 1.29 is 46.7 Å². The van der Waals surface area contributed by atoms with Gasteiger partial charge < -0.3 is 44.7 Å². The summed E-state index contributed by atoms with van der Waals surface area (Å²) in [5.74, 6) is -0.0323. The SMILES string of the molecule is Nc1nc2c(ncn2[C@H]2C[C@@H](F)[C@@H](COP(=O)(O)O[C@H]3[C@H]4OC[C@]3(COP(O)(O)=S)O[C@H]4n3cnc4c(N)ncnc43)S2)c(=O)[nH]1. The molecule has 7 rings (SSSR count). The van der Waals surface area contributed by atoms with Gasteiger partial charge in [0.15, 0.2) is 28.9 Å². The standard InChI is InChI=1S/C21H25FN10O10P2S2/c22-8-1-10(31-6-28-12-17(31)29-20(24)30-18(12)33)46-9(8)2-39-43(34,35)42-14-13-19(32-7-27-11-15(23)25-5-26-16(11)32)41-21(14,3-38-13)4-40-44(36,37)45/h5-10,13-14,19H,1-4H2,(H,34,35)(H2,23,25,26)(H2,36,37,45)(H3,24,29,30,33)/t8-,9-,10-,13-,14+,19-,21-/m1/s1. The quantitative estimate of drug-likeness (QED) is 0.116. The van der Waals surface area contributed by atoms with Crippen LogP contribution in [0, 0.1) is 0 Å². The van der Waals surface area contributed by atoms with Crippen LogP contribution in [0.1, 0.15) is 18.0 Å². The zero-order chi connectivity index (χ0) is 32.6. The van der Waals surface area contributed by atoms with E-state index in [1.807, 2.05) is 0 Å². The average Bonchev–Trinajstić information content (AvgIpc) is 3.79. The van der Waals surface area contributed by atoms with E-state index in [9.17, 15) is 24.0 Å². The number of hydrogen-bond donors (Lipinski definition) is 6.